The molecule has 0 saturated heterocycles. The molecule has 6 aromatic carbocycles. The van der Waals surface area contributed by atoms with Crippen molar-refractivity contribution in [1.82, 2.24) is 4.57 Å². The fourth-order valence-corrected chi connectivity index (χ4v) is 10.4. The van der Waals surface area contributed by atoms with Crippen LogP contribution in [0.4, 0.5) is 5.69 Å². The van der Waals surface area contributed by atoms with Gasteiger partial charge in [0.2, 0.25) is 5.96 Å². The molecule has 240 valence electrons. The maximum atomic E-state index is 7.29. The van der Waals surface area contributed by atoms with Crippen LogP contribution in [0.15, 0.2) is 138 Å². The van der Waals surface area contributed by atoms with Crippen LogP contribution in [-0.4, -0.2) is 10.5 Å². The van der Waals surface area contributed by atoms with Gasteiger partial charge in [-0.3, -0.25) is 4.57 Å². The number of aliphatic imine (C=N–C) groups is 1. The second-order valence-corrected chi connectivity index (χ2v) is 15.4. The maximum Gasteiger partial charge on any atom is 0.205 e. The Morgan fingerprint density at radius 2 is 1.36 bits per heavy atom. The molecule has 5 heteroatoms. The summed E-state index contributed by atoms with van der Waals surface area (Å²) in [7, 11) is 0. The summed E-state index contributed by atoms with van der Waals surface area (Å²) >= 11 is 3.68. The molecule has 3 nitrogen and oxygen atoms in total. The number of benzene rings is 6. The molecule has 0 bridgehead atoms. The largest absolute Gasteiger partial charge is 0.369 e. The van der Waals surface area contributed by atoms with Gasteiger partial charge in [-0.1, -0.05) is 116 Å². The third-order valence-electron chi connectivity index (χ3n) is 10.4. The predicted octanol–water partition coefficient (Wildman–Crippen LogP) is 12.6. The van der Waals surface area contributed by atoms with E-state index < -0.39 is 0 Å². The quantitative estimate of drug-likeness (QED) is 0.146. The Hall–Kier alpha value is -5.49. The van der Waals surface area contributed by atoms with Gasteiger partial charge in [-0.15, -0.1) is 22.7 Å². The zero-order chi connectivity index (χ0) is 33.3. The number of nitrogens with zero attached hydrogens (tertiary/aromatic N) is 2. The van der Waals surface area contributed by atoms with E-state index in [9.17, 15) is 0 Å². The lowest BCUT2D eigenvalue weighted by Crippen LogP contribution is -2.23. The maximum absolute atomic E-state index is 7.29. The molecule has 10 rings (SSSR count). The summed E-state index contributed by atoms with van der Waals surface area (Å²) in [5, 5.41) is 7.55. The van der Waals surface area contributed by atoms with E-state index >= 15 is 0 Å². The topological polar surface area (TPSA) is 43.3 Å². The summed E-state index contributed by atoms with van der Waals surface area (Å²) in [5.41, 5.74) is 15.6. The van der Waals surface area contributed by atoms with Gasteiger partial charge in [0.05, 0.1) is 16.9 Å². The van der Waals surface area contributed by atoms with E-state index in [2.05, 4.69) is 151 Å². The minimum atomic E-state index is 0.173. The third-order valence-corrected chi connectivity index (χ3v) is 12.9. The Balaban J connectivity index is 1.27. The van der Waals surface area contributed by atoms with Crippen LogP contribution in [0.5, 0.6) is 0 Å². The van der Waals surface area contributed by atoms with Crippen LogP contribution >= 0.6 is 22.7 Å². The van der Waals surface area contributed by atoms with Gasteiger partial charge < -0.3 is 5.73 Å². The van der Waals surface area contributed by atoms with Crippen LogP contribution in [0.25, 0.3) is 69.1 Å². The van der Waals surface area contributed by atoms with Crippen molar-refractivity contribution < 1.29 is 0 Å². The molecule has 0 spiro atoms. The molecule has 3 heterocycles. The van der Waals surface area contributed by atoms with Crippen LogP contribution in [0.3, 0.4) is 0 Å². The van der Waals surface area contributed by atoms with Gasteiger partial charge in [0, 0.05) is 46.4 Å². The number of fused-ring (bicyclic) bond motifs is 9. The van der Waals surface area contributed by atoms with Crippen molar-refractivity contribution in [3.63, 3.8) is 0 Å². The molecule has 1 aliphatic carbocycles. The molecule has 0 radical (unpaired) electrons. The van der Waals surface area contributed by atoms with E-state index in [1.807, 2.05) is 22.7 Å². The molecule has 9 aromatic rings. The summed E-state index contributed by atoms with van der Waals surface area (Å²) in [6, 6.07) is 46.1. The highest BCUT2D eigenvalue weighted by atomic mass is 32.1. The molecule has 3 aromatic heterocycles. The first-order chi connectivity index (χ1) is 24.7. The van der Waals surface area contributed by atoms with Crippen LogP contribution in [0.1, 0.15) is 41.0 Å². The minimum Gasteiger partial charge on any atom is -0.369 e. The SMILES string of the molecule is CC(c1ccccc1)c1sc2ccccc2c1N=C(N)n1c2c(c3c4ccccc4c(-c4cccc5sc6ccccc6c45)cc31)CCC=C2. The second-order valence-electron chi connectivity index (χ2n) is 13.2. The number of thiophene rings is 2. The lowest BCUT2D eigenvalue weighted by atomic mass is 9.91. The fourth-order valence-electron chi connectivity index (χ4n) is 8.08. The van der Waals surface area contributed by atoms with Crippen molar-refractivity contribution in [2.45, 2.75) is 25.7 Å². The highest BCUT2D eigenvalue weighted by Crippen LogP contribution is 2.47. The average Bonchev–Trinajstić information content (AvgIpc) is 3.84. The van der Waals surface area contributed by atoms with Gasteiger partial charge in [0.25, 0.3) is 0 Å². The third kappa shape index (κ3) is 4.44. The van der Waals surface area contributed by atoms with E-state index in [1.54, 1.807) is 0 Å². The monoisotopic (exact) mass is 679 g/mol. The number of allylic oxidation sites excluding steroid dienone is 1. The molecule has 2 N–H and O–H groups in total. The van der Waals surface area contributed by atoms with Crippen LogP contribution in [0.2, 0.25) is 0 Å². The van der Waals surface area contributed by atoms with E-state index in [4.69, 9.17) is 10.7 Å². The molecule has 50 heavy (non-hydrogen) atoms. The van der Waals surface area contributed by atoms with Crippen LogP contribution < -0.4 is 5.73 Å². The number of aromatic nitrogens is 1. The Morgan fingerprint density at radius 1 is 0.680 bits per heavy atom. The number of hydrogen-bond acceptors (Lipinski definition) is 3. The number of aryl methyl sites for hydroxylation is 1. The standard InChI is InChI=1S/C45H33N3S2/c1-27(28-14-3-2-4-15-28)44-43(34-20-9-12-24-39(34)50-44)47-45(46)48-36-22-10-7-18-32(36)41-30-17-6-5-16-29(30)35(26-37(41)48)31-21-13-25-40-42(31)33-19-8-11-23-38(33)49-40/h2-6,8-17,19-27H,7,18H2,1H3,(H2,46,47). The van der Waals surface area contributed by atoms with Gasteiger partial charge in [-0.2, -0.15) is 0 Å². The summed E-state index contributed by atoms with van der Waals surface area (Å²) in [4.78, 5) is 6.62. The molecule has 0 amide bonds. The molecule has 0 fully saturated rings. The Labute approximate surface area is 298 Å². The average molecular weight is 680 g/mol. The van der Waals surface area contributed by atoms with E-state index in [0.29, 0.717) is 5.96 Å². The van der Waals surface area contributed by atoms with Crippen molar-refractivity contribution in [2.75, 3.05) is 0 Å². The highest BCUT2D eigenvalue weighted by molar-refractivity contribution is 7.26. The molecule has 0 saturated carbocycles. The summed E-state index contributed by atoms with van der Waals surface area (Å²) < 4.78 is 6.06. The van der Waals surface area contributed by atoms with Gasteiger partial charge in [0.1, 0.15) is 0 Å². The molecular weight excluding hydrogens is 647 g/mol. The van der Waals surface area contributed by atoms with Crippen LogP contribution in [0, 0.1) is 0 Å². The van der Waals surface area contributed by atoms with E-state index in [0.717, 1.165) is 35.1 Å². The number of rotatable bonds is 4. The zero-order valence-corrected chi connectivity index (χ0v) is 29.2. The van der Waals surface area contributed by atoms with Crippen LogP contribution in [-0.2, 0) is 6.42 Å². The summed E-state index contributed by atoms with van der Waals surface area (Å²) in [5.74, 6) is 0.667. The summed E-state index contributed by atoms with van der Waals surface area (Å²) in [6.45, 7) is 2.28. The normalized spacial score (nSPS) is 14.0. The Kier molecular flexibility index (Phi) is 6.80. The fraction of sp³-hybridized carbons (Fsp3) is 0.0889. The molecular formula is C45H33N3S2. The van der Waals surface area contributed by atoms with Gasteiger partial charge in [-0.25, -0.2) is 4.99 Å². The van der Waals surface area contributed by atoms with Crippen molar-refractivity contribution >= 4 is 92.3 Å². The van der Waals surface area contributed by atoms with Crippen molar-refractivity contribution in [2.24, 2.45) is 10.7 Å². The lowest BCUT2D eigenvalue weighted by molar-refractivity contribution is 0.946. The van der Waals surface area contributed by atoms with Gasteiger partial charge in [-0.05, 0) is 76.2 Å². The zero-order valence-electron chi connectivity index (χ0n) is 27.6. The van der Waals surface area contributed by atoms with Gasteiger partial charge >= 0.3 is 0 Å². The first-order valence-electron chi connectivity index (χ1n) is 17.2. The first kappa shape index (κ1) is 29.4. The second kappa shape index (κ2) is 11.5. The van der Waals surface area contributed by atoms with E-state index in [1.165, 1.54) is 68.2 Å². The molecule has 0 aliphatic heterocycles. The Morgan fingerprint density at radius 3 is 2.18 bits per heavy atom. The smallest absolute Gasteiger partial charge is 0.205 e. The summed E-state index contributed by atoms with van der Waals surface area (Å²) in [6.07, 6.45) is 6.50. The Bertz CT molecular complexity index is 2850. The van der Waals surface area contributed by atoms with Crippen molar-refractivity contribution in [1.29, 1.82) is 0 Å². The minimum absolute atomic E-state index is 0.173. The number of hydrogen-bond donors (Lipinski definition) is 1. The van der Waals surface area contributed by atoms with Gasteiger partial charge in [0.15, 0.2) is 0 Å². The molecule has 1 atom stereocenters. The molecule has 1 unspecified atom stereocenters. The first-order valence-corrected chi connectivity index (χ1v) is 18.9. The predicted molar refractivity (Wildman–Crippen MR) is 218 cm³/mol. The lowest BCUT2D eigenvalue weighted by Gasteiger charge is -2.14. The molecule has 1 aliphatic rings. The van der Waals surface area contributed by atoms with Crippen molar-refractivity contribution in [3.8, 4) is 11.1 Å². The number of nitrogens with two attached hydrogens (primary N) is 1. The highest BCUT2D eigenvalue weighted by Gasteiger charge is 2.25. The van der Waals surface area contributed by atoms with E-state index in [-0.39, 0.29) is 5.92 Å². The van der Waals surface area contributed by atoms with Crippen molar-refractivity contribution in [3.05, 3.63) is 155 Å².